The summed E-state index contributed by atoms with van der Waals surface area (Å²) in [6, 6.07) is 20.5. The predicted octanol–water partition coefficient (Wildman–Crippen LogP) is 4.15. The van der Waals surface area contributed by atoms with Crippen molar-refractivity contribution in [3.8, 4) is 0 Å². The minimum absolute atomic E-state index is 0.0608. The lowest BCUT2D eigenvalue weighted by Gasteiger charge is -2.30. The molecule has 216 valence electrons. The van der Waals surface area contributed by atoms with Gasteiger partial charge in [-0.2, -0.15) is 13.2 Å². The van der Waals surface area contributed by atoms with Gasteiger partial charge in [0.2, 0.25) is 0 Å². The van der Waals surface area contributed by atoms with E-state index in [2.05, 4.69) is 16.2 Å². The SMILES string of the molecule is CC(C)[C@H](N)C(=O)OC(c1ccccc1)c1cccc(NC(=O)C2=CC(c3cccc(CN)c3)(C(F)(F)F)NN2)c1. The Hall–Kier alpha value is -4.19. The average molecular weight is 568 g/mol. The third-order valence-corrected chi connectivity index (χ3v) is 6.84. The van der Waals surface area contributed by atoms with E-state index < -0.39 is 35.7 Å². The molecular weight excluding hydrogens is 535 g/mol. The summed E-state index contributed by atoms with van der Waals surface area (Å²) in [6.45, 7) is 3.68. The average Bonchev–Trinajstić information content (AvgIpc) is 3.43. The van der Waals surface area contributed by atoms with Crippen molar-refractivity contribution in [1.29, 1.82) is 0 Å². The Balaban J connectivity index is 1.61. The van der Waals surface area contributed by atoms with E-state index in [1.54, 1.807) is 54.6 Å². The van der Waals surface area contributed by atoms with E-state index in [0.717, 1.165) is 6.08 Å². The van der Waals surface area contributed by atoms with Crippen LogP contribution in [0.5, 0.6) is 0 Å². The summed E-state index contributed by atoms with van der Waals surface area (Å²) < 4.78 is 48.9. The fourth-order valence-electron chi connectivity index (χ4n) is 4.39. The lowest BCUT2D eigenvalue weighted by molar-refractivity contribution is -0.184. The zero-order valence-corrected chi connectivity index (χ0v) is 22.5. The van der Waals surface area contributed by atoms with E-state index in [-0.39, 0.29) is 29.4 Å². The second-order valence-corrected chi connectivity index (χ2v) is 10.1. The summed E-state index contributed by atoms with van der Waals surface area (Å²) in [7, 11) is 0. The van der Waals surface area contributed by atoms with Gasteiger partial charge < -0.3 is 26.9 Å². The molecular formula is C30H32F3N5O3. The first-order chi connectivity index (χ1) is 19.4. The molecule has 0 saturated heterocycles. The monoisotopic (exact) mass is 567 g/mol. The van der Waals surface area contributed by atoms with Crippen molar-refractivity contribution in [3.63, 3.8) is 0 Å². The maximum Gasteiger partial charge on any atom is 0.416 e. The third-order valence-electron chi connectivity index (χ3n) is 6.84. The van der Waals surface area contributed by atoms with E-state index in [0.29, 0.717) is 16.7 Å². The van der Waals surface area contributed by atoms with Gasteiger partial charge in [-0.25, -0.2) is 5.43 Å². The largest absolute Gasteiger partial charge is 0.451 e. The minimum Gasteiger partial charge on any atom is -0.451 e. The number of alkyl halides is 3. The highest BCUT2D eigenvalue weighted by Gasteiger charge is 2.57. The molecule has 0 aromatic heterocycles. The Morgan fingerprint density at radius 1 is 0.976 bits per heavy atom. The lowest BCUT2D eigenvalue weighted by atomic mass is 9.88. The molecule has 1 amide bonds. The maximum absolute atomic E-state index is 14.4. The number of rotatable bonds is 9. The van der Waals surface area contributed by atoms with Crippen LogP contribution in [-0.2, 0) is 26.4 Å². The van der Waals surface area contributed by atoms with Gasteiger partial charge in [0.1, 0.15) is 11.7 Å². The molecule has 1 heterocycles. The molecule has 0 aliphatic carbocycles. The fraction of sp³-hybridized carbons (Fsp3) is 0.267. The molecule has 1 aliphatic rings. The number of halogens is 3. The van der Waals surface area contributed by atoms with E-state index in [9.17, 15) is 22.8 Å². The number of ether oxygens (including phenoxy) is 1. The predicted molar refractivity (Wildman–Crippen MR) is 149 cm³/mol. The van der Waals surface area contributed by atoms with Crippen LogP contribution in [-0.4, -0.2) is 24.1 Å². The number of hydrazine groups is 1. The Kier molecular flexibility index (Phi) is 8.81. The molecule has 11 heteroatoms. The van der Waals surface area contributed by atoms with Crippen LogP contribution in [0, 0.1) is 5.92 Å². The summed E-state index contributed by atoms with van der Waals surface area (Å²) in [5, 5.41) is 2.63. The van der Waals surface area contributed by atoms with E-state index in [1.165, 1.54) is 18.2 Å². The summed E-state index contributed by atoms with van der Waals surface area (Å²) in [6.07, 6.45) is -4.80. The van der Waals surface area contributed by atoms with Crippen molar-refractivity contribution < 1.29 is 27.5 Å². The molecule has 4 rings (SSSR count). The zero-order valence-electron chi connectivity index (χ0n) is 22.5. The third kappa shape index (κ3) is 6.43. The number of nitrogens with two attached hydrogens (primary N) is 2. The van der Waals surface area contributed by atoms with E-state index >= 15 is 0 Å². The van der Waals surface area contributed by atoms with E-state index in [1.807, 2.05) is 19.9 Å². The molecule has 0 spiro atoms. The van der Waals surface area contributed by atoms with Crippen LogP contribution < -0.4 is 27.6 Å². The molecule has 3 aromatic rings. The van der Waals surface area contributed by atoms with Crippen molar-refractivity contribution in [1.82, 2.24) is 10.9 Å². The van der Waals surface area contributed by atoms with Crippen LogP contribution in [0.15, 0.2) is 90.6 Å². The van der Waals surface area contributed by atoms with Crippen LogP contribution in [0.3, 0.4) is 0 Å². The highest BCUT2D eigenvalue weighted by Crippen LogP contribution is 2.42. The van der Waals surface area contributed by atoms with Gasteiger partial charge in [0.05, 0.1) is 0 Å². The van der Waals surface area contributed by atoms with Gasteiger partial charge in [0.15, 0.2) is 11.6 Å². The maximum atomic E-state index is 14.4. The number of hydrogen-bond acceptors (Lipinski definition) is 7. The highest BCUT2D eigenvalue weighted by molar-refractivity contribution is 6.03. The number of benzene rings is 3. The number of carbonyl (C=O) groups excluding carboxylic acids is 2. The van der Waals surface area contributed by atoms with Crippen LogP contribution in [0.1, 0.15) is 42.2 Å². The zero-order chi connectivity index (χ0) is 29.8. The second kappa shape index (κ2) is 12.1. The summed E-state index contributed by atoms with van der Waals surface area (Å²) >= 11 is 0. The molecule has 3 atom stereocenters. The summed E-state index contributed by atoms with van der Waals surface area (Å²) in [5.74, 6) is -1.53. The number of hydrogen-bond donors (Lipinski definition) is 5. The van der Waals surface area contributed by atoms with Gasteiger partial charge in [-0.1, -0.05) is 80.6 Å². The topological polar surface area (TPSA) is 132 Å². The Morgan fingerprint density at radius 2 is 1.66 bits per heavy atom. The van der Waals surface area contributed by atoms with Crippen molar-refractivity contribution >= 4 is 17.6 Å². The van der Waals surface area contributed by atoms with Gasteiger partial charge >= 0.3 is 12.1 Å². The number of carbonyl (C=O) groups is 2. The Morgan fingerprint density at radius 3 is 2.32 bits per heavy atom. The van der Waals surface area contributed by atoms with Gasteiger partial charge in [0.25, 0.3) is 5.91 Å². The number of amides is 1. The first-order valence-corrected chi connectivity index (χ1v) is 13.0. The first kappa shape index (κ1) is 29.8. The Labute approximate surface area is 235 Å². The van der Waals surface area contributed by atoms with Gasteiger partial charge in [-0.15, -0.1) is 0 Å². The molecule has 0 saturated carbocycles. The molecule has 0 radical (unpaired) electrons. The molecule has 7 N–H and O–H groups in total. The number of esters is 1. The normalized spacial score (nSPS) is 18.3. The standard InChI is InChI=1S/C30H32F3N5O3/c1-18(2)25(35)28(40)41-26(20-9-4-3-5-10-20)21-11-7-13-23(15-21)36-27(39)24-16-29(38-37-24,30(31,32)33)22-12-6-8-19(14-22)17-34/h3-16,18,25-26,37-38H,17,34-35H2,1-2H3,(H,36,39)/t25-,26?,29?/m0/s1. The Bertz CT molecular complexity index is 1430. The molecule has 0 bridgehead atoms. The molecule has 1 aliphatic heterocycles. The molecule has 41 heavy (non-hydrogen) atoms. The van der Waals surface area contributed by atoms with Gasteiger partial charge in [0, 0.05) is 12.2 Å². The summed E-state index contributed by atoms with van der Waals surface area (Å²) in [5.41, 5.74) is 15.2. The molecule has 0 fully saturated rings. The first-order valence-electron chi connectivity index (χ1n) is 13.0. The highest BCUT2D eigenvalue weighted by atomic mass is 19.4. The van der Waals surface area contributed by atoms with Gasteiger partial charge in [-0.3, -0.25) is 9.59 Å². The van der Waals surface area contributed by atoms with Crippen LogP contribution in [0.25, 0.3) is 0 Å². The van der Waals surface area contributed by atoms with Crippen molar-refractivity contribution in [2.45, 2.75) is 44.3 Å². The molecule has 2 unspecified atom stereocenters. The molecule has 8 nitrogen and oxygen atoms in total. The van der Waals surface area contributed by atoms with Crippen molar-refractivity contribution in [2.24, 2.45) is 17.4 Å². The van der Waals surface area contributed by atoms with E-state index in [4.69, 9.17) is 16.2 Å². The molecule has 3 aromatic carbocycles. The minimum atomic E-state index is -4.78. The van der Waals surface area contributed by atoms with Crippen molar-refractivity contribution in [2.75, 3.05) is 5.32 Å². The number of nitrogens with one attached hydrogen (secondary N) is 3. The van der Waals surface area contributed by atoms with Crippen LogP contribution >= 0.6 is 0 Å². The van der Waals surface area contributed by atoms with Crippen molar-refractivity contribution in [3.05, 3.63) is 113 Å². The lowest BCUT2D eigenvalue weighted by Crippen LogP contribution is -2.53. The van der Waals surface area contributed by atoms with Gasteiger partial charge in [-0.05, 0) is 46.4 Å². The second-order valence-electron chi connectivity index (χ2n) is 10.1. The van der Waals surface area contributed by atoms with Crippen LogP contribution in [0.4, 0.5) is 18.9 Å². The quantitative estimate of drug-likeness (QED) is 0.246. The fourth-order valence-corrected chi connectivity index (χ4v) is 4.39. The summed E-state index contributed by atoms with van der Waals surface area (Å²) in [4.78, 5) is 25.8. The van der Waals surface area contributed by atoms with Crippen LogP contribution in [0.2, 0.25) is 0 Å². The smallest absolute Gasteiger partial charge is 0.416 e. The number of anilines is 1.